The molecule has 1 aromatic carbocycles. The Morgan fingerprint density at radius 2 is 2.12 bits per heavy atom. The smallest absolute Gasteiger partial charge is 0.194 e. The quantitative estimate of drug-likeness (QED) is 0.386. The molecule has 0 bridgehead atoms. The second-order valence-corrected chi connectivity index (χ2v) is 6.61. The number of aliphatic imine (C=N–C) groups is 1. The lowest BCUT2D eigenvalue weighted by Crippen LogP contribution is -2.44. The summed E-state index contributed by atoms with van der Waals surface area (Å²) in [6.45, 7) is 10.4. The van der Waals surface area contributed by atoms with Gasteiger partial charge in [0.15, 0.2) is 5.96 Å². The number of hydrogen-bond donors (Lipinski definition) is 1. The Labute approximate surface area is 173 Å². The van der Waals surface area contributed by atoms with E-state index in [1.54, 1.807) is 0 Å². The standard InChI is InChI=1S/C18H29ClN4O.HI/c1-4-20-18(21-13-15(2)23-8-10-24-11-9-23)22(3)14-16-6-5-7-17(19)12-16;/h5-7,12,15H,4,8-11,13-14H2,1-3H3,(H,20,21);1H. The molecule has 0 spiro atoms. The van der Waals surface area contributed by atoms with Crippen LogP contribution in [0.4, 0.5) is 0 Å². The van der Waals surface area contributed by atoms with Gasteiger partial charge < -0.3 is 15.0 Å². The summed E-state index contributed by atoms with van der Waals surface area (Å²) in [6.07, 6.45) is 0. The van der Waals surface area contributed by atoms with Crippen molar-refractivity contribution in [2.45, 2.75) is 26.4 Å². The van der Waals surface area contributed by atoms with Crippen LogP contribution in [0.3, 0.4) is 0 Å². The monoisotopic (exact) mass is 480 g/mol. The molecule has 1 unspecified atom stereocenters. The van der Waals surface area contributed by atoms with E-state index in [2.05, 4.69) is 42.1 Å². The van der Waals surface area contributed by atoms with Gasteiger partial charge in [0.05, 0.1) is 19.8 Å². The summed E-state index contributed by atoms with van der Waals surface area (Å²) in [4.78, 5) is 9.40. The molecule has 5 nitrogen and oxygen atoms in total. The van der Waals surface area contributed by atoms with Crippen LogP contribution in [0.5, 0.6) is 0 Å². The third-order valence-corrected chi connectivity index (χ3v) is 4.41. The van der Waals surface area contributed by atoms with Gasteiger partial charge in [0.25, 0.3) is 0 Å². The van der Waals surface area contributed by atoms with Crippen molar-refractivity contribution in [3.63, 3.8) is 0 Å². The van der Waals surface area contributed by atoms with Crippen LogP contribution in [0.2, 0.25) is 5.02 Å². The summed E-state index contributed by atoms with van der Waals surface area (Å²) in [5.41, 5.74) is 1.18. The number of rotatable bonds is 6. The van der Waals surface area contributed by atoms with Gasteiger partial charge in [-0.25, -0.2) is 0 Å². The summed E-state index contributed by atoms with van der Waals surface area (Å²) in [5.74, 6) is 0.928. The van der Waals surface area contributed by atoms with E-state index in [9.17, 15) is 0 Å². The highest BCUT2D eigenvalue weighted by Crippen LogP contribution is 2.12. The average Bonchev–Trinajstić information content (AvgIpc) is 2.59. The fourth-order valence-electron chi connectivity index (χ4n) is 2.81. The van der Waals surface area contributed by atoms with Crippen LogP contribution in [-0.2, 0) is 11.3 Å². The highest BCUT2D eigenvalue weighted by atomic mass is 127. The van der Waals surface area contributed by atoms with Gasteiger partial charge in [0.1, 0.15) is 0 Å². The fourth-order valence-corrected chi connectivity index (χ4v) is 3.02. The van der Waals surface area contributed by atoms with Crippen molar-refractivity contribution in [2.75, 3.05) is 46.4 Å². The maximum absolute atomic E-state index is 6.08. The third kappa shape index (κ3) is 7.68. The van der Waals surface area contributed by atoms with Gasteiger partial charge in [-0.05, 0) is 31.5 Å². The number of guanidine groups is 1. The van der Waals surface area contributed by atoms with Crippen molar-refractivity contribution in [1.29, 1.82) is 0 Å². The third-order valence-electron chi connectivity index (χ3n) is 4.18. The highest BCUT2D eigenvalue weighted by molar-refractivity contribution is 14.0. The summed E-state index contributed by atoms with van der Waals surface area (Å²) in [5, 5.41) is 4.14. The van der Waals surface area contributed by atoms with E-state index in [-0.39, 0.29) is 24.0 Å². The number of morpholine rings is 1. The molecule has 142 valence electrons. The molecule has 1 fully saturated rings. The lowest BCUT2D eigenvalue weighted by atomic mass is 10.2. The molecule has 7 heteroatoms. The molecule has 1 saturated heterocycles. The first-order valence-corrected chi connectivity index (χ1v) is 9.03. The summed E-state index contributed by atoms with van der Waals surface area (Å²) >= 11 is 6.08. The van der Waals surface area contributed by atoms with Gasteiger partial charge in [-0.1, -0.05) is 23.7 Å². The molecule has 0 amide bonds. The van der Waals surface area contributed by atoms with E-state index in [0.29, 0.717) is 6.04 Å². The Kier molecular flexibility index (Phi) is 10.7. The van der Waals surface area contributed by atoms with Gasteiger partial charge >= 0.3 is 0 Å². The Morgan fingerprint density at radius 3 is 2.76 bits per heavy atom. The van der Waals surface area contributed by atoms with E-state index in [4.69, 9.17) is 21.3 Å². The second-order valence-electron chi connectivity index (χ2n) is 6.18. The van der Waals surface area contributed by atoms with E-state index < -0.39 is 0 Å². The molecule has 1 aromatic rings. The second kappa shape index (κ2) is 11.9. The van der Waals surface area contributed by atoms with Crippen LogP contribution in [-0.4, -0.2) is 68.2 Å². The molecular formula is C18H30ClIN4O. The fraction of sp³-hybridized carbons (Fsp3) is 0.611. The molecule has 1 aliphatic heterocycles. The zero-order valence-corrected chi connectivity index (χ0v) is 18.5. The largest absolute Gasteiger partial charge is 0.379 e. The van der Waals surface area contributed by atoms with Gasteiger partial charge in [-0.15, -0.1) is 24.0 Å². The van der Waals surface area contributed by atoms with Gasteiger partial charge in [-0.2, -0.15) is 0 Å². The number of benzene rings is 1. The summed E-state index contributed by atoms with van der Waals surface area (Å²) in [6, 6.07) is 8.38. The van der Waals surface area contributed by atoms with Crippen molar-refractivity contribution in [3.8, 4) is 0 Å². The van der Waals surface area contributed by atoms with E-state index in [1.807, 2.05) is 18.2 Å². The van der Waals surface area contributed by atoms with E-state index in [0.717, 1.165) is 56.9 Å². The van der Waals surface area contributed by atoms with E-state index in [1.165, 1.54) is 5.56 Å². The zero-order valence-electron chi connectivity index (χ0n) is 15.4. The number of ether oxygens (including phenoxy) is 1. The predicted octanol–water partition coefficient (Wildman–Crippen LogP) is 3.08. The average molecular weight is 481 g/mol. The minimum absolute atomic E-state index is 0. The predicted molar refractivity (Wildman–Crippen MR) is 116 cm³/mol. The van der Waals surface area contributed by atoms with Crippen molar-refractivity contribution in [2.24, 2.45) is 4.99 Å². The number of hydrogen-bond acceptors (Lipinski definition) is 3. The Morgan fingerprint density at radius 1 is 1.40 bits per heavy atom. The van der Waals surface area contributed by atoms with Crippen LogP contribution >= 0.6 is 35.6 Å². The number of nitrogens with zero attached hydrogens (tertiary/aromatic N) is 3. The summed E-state index contributed by atoms with van der Waals surface area (Å²) < 4.78 is 5.42. The molecule has 1 aliphatic rings. The first-order valence-electron chi connectivity index (χ1n) is 8.66. The summed E-state index contributed by atoms with van der Waals surface area (Å²) in [7, 11) is 2.06. The molecule has 25 heavy (non-hydrogen) atoms. The van der Waals surface area contributed by atoms with Crippen LogP contribution < -0.4 is 5.32 Å². The van der Waals surface area contributed by atoms with Crippen LogP contribution in [0.15, 0.2) is 29.3 Å². The molecule has 2 rings (SSSR count). The van der Waals surface area contributed by atoms with Gasteiger partial charge in [0.2, 0.25) is 0 Å². The van der Waals surface area contributed by atoms with Crippen LogP contribution in [0, 0.1) is 0 Å². The Hall–Kier alpha value is -0.570. The Balaban J connectivity index is 0.00000312. The highest BCUT2D eigenvalue weighted by Gasteiger charge is 2.17. The molecule has 1 N–H and O–H groups in total. The normalized spacial score (nSPS) is 16.9. The van der Waals surface area contributed by atoms with Crippen molar-refractivity contribution < 1.29 is 4.74 Å². The molecule has 0 radical (unpaired) electrons. The number of nitrogens with one attached hydrogen (secondary N) is 1. The first kappa shape index (κ1) is 22.5. The molecule has 0 saturated carbocycles. The van der Waals surface area contributed by atoms with E-state index >= 15 is 0 Å². The van der Waals surface area contributed by atoms with Crippen LogP contribution in [0.25, 0.3) is 0 Å². The molecule has 1 atom stereocenters. The SMILES string of the molecule is CCNC(=NCC(C)N1CCOCC1)N(C)Cc1cccc(Cl)c1.I. The maximum Gasteiger partial charge on any atom is 0.194 e. The first-order chi connectivity index (χ1) is 11.6. The lowest BCUT2D eigenvalue weighted by Gasteiger charge is -2.32. The maximum atomic E-state index is 6.08. The Bertz CT molecular complexity index is 538. The van der Waals surface area contributed by atoms with Crippen LogP contribution in [0.1, 0.15) is 19.4 Å². The topological polar surface area (TPSA) is 40.1 Å². The zero-order chi connectivity index (χ0) is 17.4. The van der Waals surface area contributed by atoms with Crippen molar-refractivity contribution in [3.05, 3.63) is 34.9 Å². The number of halogens is 2. The minimum atomic E-state index is 0. The lowest BCUT2D eigenvalue weighted by molar-refractivity contribution is 0.0220. The molecule has 0 aromatic heterocycles. The van der Waals surface area contributed by atoms with Crippen molar-refractivity contribution >= 4 is 41.5 Å². The minimum Gasteiger partial charge on any atom is -0.379 e. The van der Waals surface area contributed by atoms with Gasteiger partial charge in [0, 0.05) is 44.3 Å². The molecular weight excluding hydrogens is 451 g/mol. The molecule has 1 heterocycles. The van der Waals surface area contributed by atoms with Gasteiger partial charge in [-0.3, -0.25) is 9.89 Å². The van der Waals surface area contributed by atoms with Crippen molar-refractivity contribution in [1.82, 2.24) is 15.1 Å². The molecule has 0 aliphatic carbocycles.